The third-order valence-corrected chi connectivity index (χ3v) is 5.78. The van der Waals surface area contributed by atoms with Crippen molar-refractivity contribution in [1.29, 1.82) is 0 Å². The minimum atomic E-state index is -0.179. The molecule has 23 heavy (non-hydrogen) atoms. The Labute approximate surface area is 154 Å². The maximum absolute atomic E-state index is 12.1. The first-order chi connectivity index (χ1) is 10.9. The fourth-order valence-corrected chi connectivity index (χ4v) is 3.51. The lowest BCUT2D eigenvalue weighted by molar-refractivity contribution is -0.115. The molecular formula is C16H12Br2N2O2S. The van der Waals surface area contributed by atoms with Crippen molar-refractivity contribution in [3.63, 3.8) is 0 Å². The molecule has 7 heteroatoms. The Morgan fingerprint density at radius 2 is 2.04 bits per heavy atom. The molecule has 1 aromatic heterocycles. The minimum Gasteiger partial charge on any atom is -0.449 e. The molecule has 0 atom stereocenters. The second kappa shape index (κ2) is 6.67. The number of carbonyl (C=O) groups is 1. The van der Waals surface area contributed by atoms with Gasteiger partial charge in [-0.25, -0.2) is 4.99 Å². The van der Waals surface area contributed by atoms with Crippen molar-refractivity contribution >= 4 is 66.5 Å². The normalized spacial score (nSPS) is 18.0. The average Bonchev–Trinajstić information content (AvgIpc) is 2.97. The van der Waals surface area contributed by atoms with Gasteiger partial charge in [0.2, 0.25) is 0 Å². The van der Waals surface area contributed by atoms with Gasteiger partial charge in [-0.05, 0) is 75.2 Å². The Bertz CT molecular complexity index is 836. The molecule has 0 saturated carbocycles. The number of hydrogen-bond donors (Lipinski definition) is 1. The lowest BCUT2D eigenvalue weighted by Gasteiger charge is -2.02. The molecule has 0 aliphatic carbocycles. The molecule has 1 N–H and O–H groups in total. The fraction of sp³-hybridized carbons (Fsp3) is 0.125. The highest BCUT2D eigenvalue weighted by Gasteiger charge is 2.24. The van der Waals surface area contributed by atoms with Crippen LogP contribution in [0.1, 0.15) is 16.9 Å². The number of amidine groups is 1. The van der Waals surface area contributed by atoms with E-state index in [4.69, 9.17) is 4.42 Å². The molecule has 118 valence electrons. The van der Waals surface area contributed by atoms with Crippen LogP contribution < -0.4 is 5.32 Å². The van der Waals surface area contributed by atoms with Crippen LogP contribution in [0, 0.1) is 13.8 Å². The van der Waals surface area contributed by atoms with Gasteiger partial charge in [0.05, 0.1) is 15.1 Å². The van der Waals surface area contributed by atoms with Gasteiger partial charge in [-0.15, -0.1) is 0 Å². The highest BCUT2D eigenvalue weighted by Crippen LogP contribution is 2.32. The molecule has 2 heterocycles. The van der Waals surface area contributed by atoms with E-state index >= 15 is 0 Å². The van der Waals surface area contributed by atoms with Crippen LogP contribution in [0.15, 0.2) is 47.7 Å². The van der Waals surface area contributed by atoms with Gasteiger partial charge in [-0.1, -0.05) is 17.7 Å². The van der Waals surface area contributed by atoms with Gasteiger partial charge in [-0.2, -0.15) is 0 Å². The molecule has 0 unspecified atom stereocenters. The van der Waals surface area contributed by atoms with Gasteiger partial charge in [0, 0.05) is 6.08 Å². The smallest absolute Gasteiger partial charge is 0.264 e. The molecule has 1 saturated heterocycles. The van der Waals surface area contributed by atoms with Gasteiger partial charge >= 0.3 is 0 Å². The van der Waals surface area contributed by atoms with Crippen molar-refractivity contribution in [2.24, 2.45) is 4.99 Å². The molecule has 0 radical (unpaired) electrons. The molecule has 0 bridgehead atoms. The van der Waals surface area contributed by atoms with Crippen LogP contribution in [0.4, 0.5) is 5.69 Å². The maximum atomic E-state index is 12.1. The van der Waals surface area contributed by atoms with Crippen molar-refractivity contribution in [2.45, 2.75) is 13.8 Å². The lowest BCUT2D eigenvalue weighted by atomic mass is 10.1. The maximum Gasteiger partial charge on any atom is 0.264 e. The summed E-state index contributed by atoms with van der Waals surface area (Å²) >= 11 is 7.92. The second-order valence-electron chi connectivity index (χ2n) is 5.04. The summed E-state index contributed by atoms with van der Waals surface area (Å²) in [6.07, 6.45) is 1.69. The van der Waals surface area contributed by atoms with E-state index in [2.05, 4.69) is 48.2 Å². The van der Waals surface area contributed by atoms with Crippen molar-refractivity contribution in [3.8, 4) is 0 Å². The molecule has 3 rings (SSSR count). The predicted octanol–water partition coefficient (Wildman–Crippen LogP) is 5.31. The number of aryl methyl sites for hydroxylation is 2. The minimum absolute atomic E-state index is 0.179. The van der Waals surface area contributed by atoms with Crippen LogP contribution in [-0.4, -0.2) is 11.1 Å². The van der Waals surface area contributed by atoms with Crippen molar-refractivity contribution in [1.82, 2.24) is 5.32 Å². The number of hydrogen-bond acceptors (Lipinski definition) is 4. The summed E-state index contributed by atoms with van der Waals surface area (Å²) in [5.74, 6) is 0.413. The SMILES string of the molecule is Cc1ccc(N=C2NC(=O)/C(=C/c3cc(Br)c(Br)o3)S2)c(C)c1. The molecule has 4 nitrogen and oxygen atoms in total. The third kappa shape index (κ3) is 3.79. The molecule has 1 amide bonds. The van der Waals surface area contributed by atoms with Crippen molar-refractivity contribution < 1.29 is 9.21 Å². The molecule has 1 aliphatic heterocycles. The molecule has 1 aliphatic rings. The number of benzene rings is 1. The van der Waals surface area contributed by atoms with Crippen LogP contribution >= 0.6 is 43.6 Å². The van der Waals surface area contributed by atoms with E-state index in [9.17, 15) is 4.79 Å². The number of amides is 1. The zero-order chi connectivity index (χ0) is 16.6. The van der Waals surface area contributed by atoms with Crippen LogP contribution in [0.3, 0.4) is 0 Å². The van der Waals surface area contributed by atoms with E-state index in [-0.39, 0.29) is 5.91 Å². The Hall–Kier alpha value is -1.31. The summed E-state index contributed by atoms with van der Waals surface area (Å²) in [6.45, 7) is 4.04. The molecule has 2 aromatic rings. The van der Waals surface area contributed by atoms with E-state index in [1.807, 2.05) is 26.0 Å². The van der Waals surface area contributed by atoms with E-state index in [0.29, 0.717) is 20.5 Å². The standard InChI is InChI=1S/C16H12Br2N2O2S/c1-8-3-4-12(9(2)5-8)19-16-20-15(21)13(23-16)7-10-6-11(17)14(18)22-10/h3-7H,1-2H3,(H,19,20,21)/b13-7-. The average molecular weight is 456 g/mol. The molecule has 0 spiro atoms. The van der Waals surface area contributed by atoms with Gasteiger partial charge < -0.3 is 9.73 Å². The summed E-state index contributed by atoms with van der Waals surface area (Å²) in [6, 6.07) is 7.81. The quantitative estimate of drug-likeness (QED) is 0.624. The Morgan fingerprint density at radius 3 is 2.70 bits per heavy atom. The largest absolute Gasteiger partial charge is 0.449 e. The molecule has 1 aromatic carbocycles. The summed E-state index contributed by atoms with van der Waals surface area (Å²) < 4.78 is 6.87. The number of nitrogens with one attached hydrogen (secondary N) is 1. The highest BCUT2D eigenvalue weighted by molar-refractivity contribution is 9.13. The topological polar surface area (TPSA) is 54.6 Å². The summed E-state index contributed by atoms with van der Waals surface area (Å²) in [7, 11) is 0. The number of furan rings is 1. The predicted molar refractivity (Wildman–Crippen MR) is 101 cm³/mol. The first-order valence-electron chi connectivity index (χ1n) is 6.74. The lowest BCUT2D eigenvalue weighted by Crippen LogP contribution is -2.19. The fourth-order valence-electron chi connectivity index (χ4n) is 2.08. The van der Waals surface area contributed by atoms with Gasteiger partial charge in [0.25, 0.3) is 5.91 Å². The van der Waals surface area contributed by atoms with E-state index < -0.39 is 0 Å². The van der Waals surface area contributed by atoms with Crippen molar-refractivity contribution in [2.75, 3.05) is 0 Å². The summed E-state index contributed by atoms with van der Waals surface area (Å²) in [5.41, 5.74) is 3.11. The Kier molecular flexibility index (Phi) is 4.79. The number of carbonyl (C=O) groups excluding carboxylic acids is 1. The van der Waals surface area contributed by atoms with Gasteiger partial charge in [0.15, 0.2) is 9.84 Å². The number of thioether (sulfide) groups is 1. The monoisotopic (exact) mass is 454 g/mol. The zero-order valence-corrected chi connectivity index (χ0v) is 16.3. The van der Waals surface area contributed by atoms with Gasteiger partial charge in [-0.3, -0.25) is 4.79 Å². The first-order valence-corrected chi connectivity index (χ1v) is 9.14. The molecular weight excluding hydrogens is 444 g/mol. The van der Waals surface area contributed by atoms with E-state index in [0.717, 1.165) is 15.7 Å². The Morgan fingerprint density at radius 1 is 1.26 bits per heavy atom. The Balaban J connectivity index is 1.85. The van der Waals surface area contributed by atoms with E-state index in [1.165, 1.54) is 17.3 Å². The van der Waals surface area contributed by atoms with Crippen LogP contribution in [0.5, 0.6) is 0 Å². The number of aliphatic imine (C=N–C) groups is 1. The number of halogens is 2. The molecule has 1 fully saturated rings. The van der Waals surface area contributed by atoms with Crippen LogP contribution in [-0.2, 0) is 4.79 Å². The van der Waals surface area contributed by atoms with Crippen LogP contribution in [0.2, 0.25) is 0 Å². The first kappa shape index (κ1) is 16.5. The second-order valence-corrected chi connectivity index (χ2v) is 7.65. The number of nitrogens with zero attached hydrogens (tertiary/aromatic N) is 1. The van der Waals surface area contributed by atoms with Crippen LogP contribution in [0.25, 0.3) is 6.08 Å². The third-order valence-electron chi connectivity index (χ3n) is 3.16. The summed E-state index contributed by atoms with van der Waals surface area (Å²) in [5, 5.41) is 3.34. The highest BCUT2D eigenvalue weighted by atomic mass is 79.9. The van der Waals surface area contributed by atoms with Crippen molar-refractivity contribution in [3.05, 3.63) is 55.2 Å². The van der Waals surface area contributed by atoms with Gasteiger partial charge in [0.1, 0.15) is 5.76 Å². The summed E-state index contributed by atoms with van der Waals surface area (Å²) in [4.78, 5) is 17.1. The zero-order valence-electron chi connectivity index (χ0n) is 12.3. The van der Waals surface area contributed by atoms with E-state index in [1.54, 1.807) is 12.1 Å². The number of rotatable bonds is 2.